The van der Waals surface area contributed by atoms with E-state index in [1.807, 2.05) is 6.07 Å². The second-order valence-corrected chi connectivity index (χ2v) is 5.00. The number of aryl methyl sites for hydroxylation is 2. The normalized spacial score (nSPS) is 10.7. The highest BCUT2D eigenvalue weighted by atomic mass is 14.9. The molecule has 2 heteroatoms. The van der Waals surface area contributed by atoms with Gasteiger partial charge in [0.1, 0.15) is 5.82 Å². The zero-order valence-corrected chi connectivity index (χ0v) is 11.9. The van der Waals surface area contributed by atoms with Crippen LogP contribution in [0.25, 0.3) is 22.6 Å². The van der Waals surface area contributed by atoms with Crippen LogP contribution < -0.4 is 0 Å². The van der Waals surface area contributed by atoms with Gasteiger partial charge in [0.05, 0.1) is 5.69 Å². The van der Waals surface area contributed by atoms with Crippen LogP contribution in [0.4, 0.5) is 0 Å². The Hall–Kier alpha value is -2.35. The molecule has 0 fully saturated rings. The molecule has 1 N–H and O–H groups in total. The Morgan fingerprint density at radius 1 is 0.900 bits per heavy atom. The third-order valence-corrected chi connectivity index (χ3v) is 3.50. The van der Waals surface area contributed by atoms with E-state index in [1.165, 1.54) is 16.8 Å². The molecule has 100 valence electrons. The minimum Gasteiger partial charge on any atom is -0.341 e. The molecule has 0 aliphatic rings. The minimum atomic E-state index is 0.945. The summed E-state index contributed by atoms with van der Waals surface area (Å²) in [5, 5.41) is 0. The first-order valence-electron chi connectivity index (χ1n) is 6.99. The van der Waals surface area contributed by atoms with Crippen molar-refractivity contribution in [2.24, 2.45) is 0 Å². The molecule has 3 rings (SSSR count). The van der Waals surface area contributed by atoms with Crippen LogP contribution in [0.5, 0.6) is 0 Å². The fraction of sp³-hybridized carbons (Fsp3) is 0.167. The number of nitrogens with zero attached hydrogens (tertiary/aromatic N) is 1. The van der Waals surface area contributed by atoms with Crippen molar-refractivity contribution in [3.63, 3.8) is 0 Å². The molecule has 2 aromatic carbocycles. The van der Waals surface area contributed by atoms with E-state index in [-0.39, 0.29) is 0 Å². The smallest absolute Gasteiger partial charge is 0.138 e. The van der Waals surface area contributed by atoms with Crippen LogP contribution in [-0.4, -0.2) is 9.97 Å². The second-order valence-electron chi connectivity index (χ2n) is 5.00. The summed E-state index contributed by atoms with van der Waals surface area (Å²) in [5.41, 5.74) is 5.81. The lowest BCUT2D eigenvalue weighted by Gasteiger charge is -1.98. The molecule has 0 saturated carbocycles. The number of H-pyrrole nitrogens is 1. The largest absolute Gasteiger partial charge is 0.341 e. The molecule has 0 unspecified atom stereocenters. The van der Waals surface area contributed by atoms with E-state index >= 15 is 0 Å². The van der Waals surface area contributed by atoms with Gasteiger partial charge in [-0.05, 0) is 13.3 Å². The highest BCUT2D eigenvalue weighted by Crippen LogP contribution is 2.26. The van der Waals surface area contributed by atoms with E-state index < -0.39 is 0 Å². The average Bonchev–Trinajstić information content (AvgIpc) is 2.93. The maximum atomic E-state index is 4.80. The van der Waals surface area contributed by atoms with Crippen LogP contribution in [-0.2, 0) is 6.42 Å². The van der Waals surface area contributed by atoms with Gasteiger partial charge in [0.15, 0.2) is 0 Å². The molecule has 0 saturated heterocycles. The fourth-order valence-corrected chi connectivity index (χ4v) is 2.35. The molecule has 0 atom stereocenters. The first kappa shape index (κ1) is 12.7. The first-order valence-corrected chi connectivity index (χ1v) is 6.99. The summed E-state index contributed by atoms with van der Waals surface area (Å²) >= 11 is 0. The van der Waals surface area contributed by atoms with Crippen LogP contribution in [0.15, 0.2) is 54.6 Å². The number of hydrogen-bond acceptors (Lipinski definition) is 1. The van der Waals surface area contributed by atoms with Gasteiger partial charge in [0, 0.05) is 16.8 Å². The second kappa shape index (κ2) is 5.33. The van der Waals surface area contributed by atoms with Crippen LogP contribution >= 0.6 is 0 Å². The molecule has 2 nitrogen and oxygen atoms in total. The lowest BCUT2D eigenvalue weighted by atomic mass is 10.1. The van der Waals surface area contributed by atoms with Gasteiger partial charge in [-0.25, -0.2) is 4.98 Å². The van der Waals surface area contributed by atoms with E-state index in [2.05, 4.69) is 67.4 Å². The van der Waals surface area contributed by atoms with Gasteiger partial charge in [0.25, 0.3) is 0 Å². The van der Waals surface area contributed by atoms with Gasteiger partial charge >= 0.3 is 0 Å². The van der Waals surface area contributed by atoms with Crippen LogP contribution in [0.3, 0.4) is 0 Å². The molecule has 0 spiro atoms. The van der Waals surface area contributed by atoms with Crippen molar-refractivity contribution >= 4 is 0 Å². The van der Waals surface area contributed by atoms with Crippen molar-refractivity contribution in [3.05, 3.63) is 65.9 Å². The lowest BCUT2D eigenvalue weighted by molar-refractivity contribution is 1.07. The van der Waals surface area contributed by atoms with E-state index in [1.54, 1.807) is 0 Å². The Morgan fingerprint density at radius 2 is 1.60 bits per heavy atom. The van der Waals surface area contributed by atoms with Gasteiger partial charge in [-0.2, -0.15) is 0 Å². The third-order valence-electron chi connectivity index (χ3n) is 3.50. The number of hydrogen-bond donors (Lipinski definition) is 1. The molecule has 3 aromatic rings. The van der Waals surface area contributed by atoms with E-state index in [4.69, 9.17) is 4.98 Å². The van der Waals surface area contributed by atoms with E-state index in [0.29, 0.717) is 0 Å². The molecule has 0 amide bonds. The van der Waals surface area contributed by atoms with Gasteiger partial charge in [-0.1, -0.05) is 67.1 Å². The SMILES string of the molecule is CCc1[nH]c(-c2ccc(C)cc2)nc1-c1ccccc1. The molecule has 0 aliphatic carbocycles. The maximum absolute atomic E-state index is 4.80. The summed E-state index contributed by atoms with van der Waals surface area (Å²) in [7, 11) is 0. The van der Waals surface area contributed by atoms with Gasteiger partial charge in [0.2, 0.25) is 0 Å². The maximum Gasteiger partial charge on any atom is 0.138 e. The van der Waals surface area contributed by atoms with Gasteiger partial charge in [-0.3, -0.25) is 0 Å². The minimum absolute atomic E-state index is 0.945. The van der Waals surface area contributed by atoms with E-state index in [0.717, 1.165) is 23.5 Å². The number of aromatic nitrogens is 2. The summed E-state index contributed by atoms with van der Waals surface area (Å²) in [6.45, 7) is 4.25. The molecule has 1 heterocycles. The molecular formula is C18H18N2. The summed E-state index contributed by atoms with van der Waals surface area (Å²) in [4.78, 5) is 8.25. The molecule has 0 aliphatic heterocycles. The number of rotatable bonds is 3. The average molecular weight is 262 g/mol. The Labute approximate surface area is 119 Å². The topological polar surface area (TPSA) is 28.7 Å². The number of aromatic amines is 1. The third kappa shape index (κ3) is 2.37. The quantitative estimate of drug-likeness (QED) is 0.733. The zero-order valence-electron chi connectivity index (χ0n) is 11.9. The predicted molar refractivity (Wildman–Crippen MR) is 83.6 cm³/mol. The van der Waals surface area contributed by atoms with Crippen molar-refractivity contribution in [1.82, 2.24) is 9.97 Å². The summed E-state index contributed by atoms with van der Waals surface area (Å²) in [6, 6.07) is 18.8. The Morgan fingerprint density at radius 3 is 2.25 bits per heavy atom. The van der Waals surface area contributed by atoms with Gasteiger partial charge in [-0.15, -0.1) is 0 Å². The van der Waals surface area contributed by atoms with E-state index in [9.17, 15) is 0 Å². The molecule has 20 heavy (non-hydrogen) atoms. The first-order chi connectivity index (χ1) is 9.78. The molecule has 1 aromatic heterocycles. The monoisotopic (exact) mass is 262 g/mol. The van der Waals surface area contributed by atoms with Crippen molar-refractivity contribution in [2.45, 2.75) is 20.3 Å². The van der Waals surface area contributed by atoms with Crippen molar-refractivity contribution in [1.29, 1.82) is 0 Å². The van der Waals surface area contributed by atoms with Crippen molar-refractivity contribution < 1.29 is 0 Å². The van der Waals surface area contributed by atoms with Crippen molar-refractivity contribution in [3.8, 4) is 22.6 Å². The van der Waals surface area contributed by atoms with Crippen molar-refractivity contribution in [2.75, 3.05) is 0 Å². The molecular weight excluding hydrogens is 244 g/mol. The van der Waals surface area contributed by atoms with Crippen LogP contribution in [0.2, 0.25) is 0 Å². The number of imidazole rings is 1. The number of benzene rings is 2. The summed E-state index contributed by atoms with van der Waals surface area (Å²) in [6.07, 6.45) is 0.948. The van der Waals surface area contributed by atoms with Gasteiger partial charge < -0.3 is 4.98 Å². The highest BCUT2D eigenvalue weighted by Gasteiger charge is 2.11. The summed E-state index contributed by atoms with van der Waals surface area (Å²) < 4.78 is 0. The molecule has 0 bridgehead atoms. The Balaban J connectivity index is 2.07. The number of nitrogens with one attached hydrogen (secondary N) is 1. The summed E-state index contributed by atoms with van der Waals surface area (Å²) in [5.74, 6) is 0.945. The fourth-order valence-electron chi connectivity index (χ4n) is 2.35. The molecule has 0 radical (unpaired) electrons. The highest BCUT2D eigenvalue weighted by molar-refractivity contribution is 5.67. The predicted octanol–water partition coefficient (Wildman–Crippen LogP) is 4.61. The van der Waals surface area contributed by atoms with Crippen LogP contribution in [0.1, 0.15) is 18.2 Å². The lowest BCUT2D eigenvalue weighted by Crippen LogP contribution is -1.85. The standard InChI is InChI=1S/C18H18N2/c1-3-16-17(14-7-5-4-6-8-14)20-18(19-16)15-11-9-13(2)10-12-15/h4-12H,3H2,1-2H3,(H,19,20). The zero-order chi connectivity index (χ0) is 13.9. The Bertz CT molecular complexity index is 694. The van der Waals surface area contributed by atoms with Crippen LogP contribution in [0, 0.1) is 6.92 Å². The Kier molecular flexibility index (Phi) is 3.38.